The lowest BCUT2D eigenvalue weighted by molar-refractivity contribution is -0.137. The van der Waals surface area contributed by atoms with Gasteiger partial charge in [0.1, 0.15) is 5.82 Å². The molecule has 1 aliphatic heterocycles. The van der Waals surface area contributed by atoms with Gasteiger partial charge < -0.3 is 9.84 Å². The molecule has 4 rings (SSSR count). The highest BCUT2D eigenvalue weighted by atomic mass is 79.9. The molecule has 0 saturated carbocycles. The molecular weight excluding hydrogens is 465 g/mol. The molecule has 5 nitrogen and oxygen atoms in total. The maximum atomic E-state index is 13.1. The average Bonchev–Trinajstić information content (AvgIpc) is 3.08. The summed E-state index contributed by atoms with van der Waals surface area (Å²) in [5.41, 5.74) is 0.209. The first-order valence-corrected chi connectivity index (χ1v) is 9.96. The Morgan fingerprint density at radius 2 is 2.07 bits per heavy atom. The second-order valence-corrected chi connectivity index (χ2v) is 7.68. The lowest BCUT2D eigenvalue weighted by atomic mass is 10.1. The van der Waals surface area contributed by atoms with Crippen molar-refractivity contribution in [1.29, 1.82) is 0 Å². The van der Waals surface area contributed by atoms with Gasteiger partial charge in [0.15, 0.2) is 11.5 Å². The molecule has 1 aromatic heterocycles. The molecule has 2 aromatic carbocycles. The molecule has 0 saturated heterocycles. The third-order valence-corrected chi connectivity index (χ3v) is 5.47. The Kier molecular flexibility index (Phi) is 5.09. The smallest absolute Gasteiger partial charge is 0.416 e. The number of aromatic hydroxyl groups is 1. The van der Waals surface area contributed by atoms with Crippen LogP contribution in [0.15, 0.2) is 39.6 Å². The van der Waals surface area contributed by atoms with Gasteiger partial charge in [0, 0.05) is 6.54 Å². The number of ether oxygens (including phenoxy) is 1. The normalized spacial score (nSPS) is 15.0. The van der Waals surface area contributed by atoms with Gasteiger partial charge in [-0.1, -0.05) is 0 Å². The molecule has 2 heterocycles. The fraction of sp³-hybridized carbons (Fsp3) is 0.238. The second-order valence-electron chi connectivity index (χ2n) is 6.82. The molecular formula is C21H16BrF3N2O3. The van der Waals surface area contributed by atoms with E-state index in [4.69, 9.17) is 4.74 Å². The topological polar surface area (TPSA) is 64.4 Å². The minimum absolute atomic E-state index is 0.00997. The zero-order valence-electron chi connectivity index (χ0n) is 15.8. The van der Waals surface area contributed by atoms with E-state index in [2.05, 4.69) is 20.9 Å². The zero-order valence-corrected chi connectivity index (χ0v) is 17.3. The van der Waals surface area contributed by atoms with E-state index in [9.17, 15) is 23.1 Å². The van der Waals surface area contributed by atoms with Crippen molar-refractivity contribution >= 4 is 38.5 Å². The highest BCUT2D eigenvalue weighted by molar-refractivity contribution is 9.10. The highest BCUT2D eigenvalue weighted by Crippen LogP contribution is 2.37. The van der Waals surface area contributed by atoms with Gasteiger partial charge in [-0.25, -0.2) is 4.98 Å². The summed E-state index contributed by atoms with van der Waals surface area (Å²) < 4.78 is 46.5. The molecule has 0 unspecified atom stereocenters. The molecule has 0 radical (unpaired) electrons. The Bertz CT molecular complexity index is 1250. The van der Waals surface area contributed by atoms with Gasteiger partial charge in [0.2, 0.25) is 0 Å². The van der Waals surface area contributed by atoms with Gasteiger partial charge in [-0.05, 0) is 76.8 Å². The number of aromatic nitrogens is 2. The number of nitrogens with zero attached hydrogens (tertiary/aromatic N) is 2. The minimum atomic E-state index is -4.52. The van der Waals surface area contributed by atoms with Crippen molar-refractivity contribution in [2.75, 3.05) is 6.61 Å². The summed E-state index contributed by atoms with van der Waals surface area (Å²) in [5.74, 6) is 0.621. The Hall–Kier alpha value is -2.81. The van der Waals surface area contributed by atoms with Crippen molar-refractivity contribution < 1.29 is 23.0 Å². The summed E-state index contributed by atoms with van der Waals surface area (Å²) in [6, 6.07) is 6.31. The van der Waals surface area contributed by atoms with Gasteiger partial charge in [-0.15, -0.1) is 0 Å². The van der Waals surface area contributed by atoms with Crippen LogP contribution in [0.25, 0.3) is 22.6 Å². The van der Waals surface area contributed by atoms with E-state index in [-0.39, 0.29) is 22.2 Å². The van der Waals surface area contributed by atoms with Crippen molar-refractivity contribution in [3.05, 3.63) is 62.1 Å². The van der Waals surface area contributed by atoms with Gasteiger partial charge >= 0.3 is 6.18 Å². The Morgan fingerprint density at radius 3 is 2.77 bits per heavy atom. The third kappa shape index (κ3) is 3.58. The fourth-order valence-corrected chi connectivity index (χ4v) is 3.93. The minimum Gasteiger partial charge on any atom is -0.503 e. The monoisotopic (exact) mass is 480 g/mol. The van der Waals surface area contributed by atoms with Crippen LogP contribution in [0.4, 0.5) is 13.2 Å². The number of halogens is 4. The number of phenolic OH excluding ortho intramolecular Hbond substituents is 1. The predicted octanol–water partition coefficient (Wildman–Crippen LogP) is 5.23. The molecule has 30 heavy (non-hydrogen) atoms. The van der Waals surface area contributed by atoms with Crippen LogP contribution in [-0.4, -0.2) is 21.3 Å². The van der Waals surface area contributed by atoms with E-state index in [1.807, 2.05) is 0 Å². The molecule has 0 aliphatic carbocycles. The second kappa shape index (κ2) is 7.46. The predicted molar refractivity (Wildman–Crippen MR) is 110 cm³/mol. The molecule has 0 fully saturated rings. The summed E-state index contributed by atoms with van der Waals surface area (Å²) >= 11 is 3.28. The summed E-state index contributed by atoms with van der Waals surface area (Å²) in [4.78, 5) is 17.1. The summed E-state index contributed by atoms with van der Waals surface area (Å²) in [5, 5.41) is 10.2. The van der Waals surface area contributed by atoms with Crippen LogP contribution in [0, 0.1) is 0 Å². The van der Waals surface area contributed by atoms with E-state index < -0.39 is 11.7 Å². The Labute approximate surface area is 177 Å². The van der Waals surface area contributed by atoms with Crippen LogP contribution in [0.3, 0.4) is 0 Å². The van der Waals surface area contributed by atoms with Gasteiger partial charge in [0.25, 0.3) is 5.56 Å². The van der Waals surface area contributed by atoms with Crippen molar-refractivity contribution in [2.24, 2.45) is 0 Å². The highest BCUT2D eigenvalue weighted by Gasteiger charge is 2.31. The molecule has 0 bridgehead atoms. The first kappa shape index (κ1) is 20.5. The Balaban J connectivity index is 1.85. The quantitative estimate of drug-likeness (QED) is 0.557. The molecule has 0 amide bonds. The standard InChI is InChI=1S/C21H16BrF3N2O3/c1-2-30-17-9-11(8-15(22)18(17)28)7-12-5-6-27-19(12)26-16-10-13(21(23,24)25)3-4-14(16)20(27)29/h3-4,7-10,28H,2,5-6H2,1H3/b12-7-. The molecule has 9 heteroatoms. The van der Waals surface area contributed by atoms with E-state index in [0.717, 1.165) is 12.1 Å². The molecule has 156 valence electrons. The van der Waals surface area contributed by atoms with Gasteiger partial charge in [0.05, 0.1) is 27.5 Å². The Morgan fingerprint density at radius 1 is 1.30 bits per heavy atom. The van der Waals surface area contributed by atoms with Crippen LogP contribution < -0.4 is 10.3 Å². The molecule has 0 spiro atoms. The number of fused-ring (bicyclic) bond motifs is 2. The van der Waals surface area contributed by atoms with Crippen LogP contribution in [-0.2, 0) is 12.7 Å². The zero-order chi connectivity index (χ0) is 21.6. The molecule has 0 atom stereocenters. The van der Waals surface area contributed by atoms with Crippen molar-refractivity contribution in [1.82, 2.24) is 9.55 Å². The fourth-order valence-electron chi connectivity index (χ4n) is 3.47. The first-order valence-electron chi connectivity index (χ1n) is 9.17. The summed E-state index contributed by atoms with van der Waals surface area (Å²) in [7, 11) is 0. The largest absolute Gasteiger partial charge is 0.503 e. The van der Waals surface area contributed by atoms with Crippen LogP contribution in [0.1, 0.15) is 30.3 Å². The van der Waals surface area contributed by atoms with Crippen molar-refractivity contribution in [3.63, 3.8) is 0 Å². The summed E-state index contributed by atoms with van der Waals surface area (Å²) in [6.45, 7) is 2.55. The average molecular weight is 481 g/mol. The van der Waals surface area contributed by atoms with E-state index in [0.29, 0.717) is 46.8 Å². The van der Waals surface area contributed by atoms with Crippen LogP contribution >= 0.6 is 15.9 Å². The number of hydrogen-bond donors (Lipinski definition) is 1. The number of alkyl halides is 3. The van der Waals surface area contributed by atoms with Gasteiger partial charge in [-0.2, -0.15) is 13.2 Å². The number of allylic oxidation sites excluding steroid dienone is 1. The lowest BCUT2D eigenvalue weighted by Crippen LogP contribution is -2.21. The van der Waals surface area contributed by atoms with E-state index >= 15 is 0 Å². The van der Waals surface area contributed by atoms with Crippen molar-refractivity contribution in [2.45, 2.75) is 26.1 Å². The number of rotatable bonds is 3. The SMILES string of the molecule is CCOc1cc(/C=C2/CCn3c2nc2cc(C(F)(F)F)ccc2c3=O)cc(Br)c1O. The third-order valence-electron chi connectivity index (χ3n) is 4.87. The maximum absolute atomic E-state index is 13.1. The maximum Gasteiger partial charge on any atom is 0.416 e. The van der Waals surface area contributed by atoms with Crippen molar-refractivity contribution in [3.8, 4) is 11.5 Å². The molecule has 1 aliphatic rings. The molecule has 3 aromatic rings. The van der Waals surface area contributed by atoms with Gasteiger partial charge in [-0.3, -0.25) is 9.36 Å². The number of benzene rings is 2. The molecule has 1 N–H and O–H groups in total. The van der Waals surface area contributed by atoms with Crippen LogP contribution in [0.5, 0.6) is 11.5 Å². The number of phenols is 1. The first-order chi connectivity index (χ1) is 14.2. The van der Waals surface area contributed by atoms with E-state index in [1.165, 1.54) is 10.6 Å². The van der Waals surface area contributed by atoms with Crippen LogP contribution in [0.2, 0.25) is 0 Å². The lowest BCUT2D eigenvalue weighted by Gasteiger charge is -2.10. The van der Waals surface area contributed by atoms with E-state index in [1.54, 1.807) is 25.1 Å². The number of hydrogen-bond acceptors (Lipinski definition) is 4. The summed E-state index contributed by atoms with van der Waals surface area (Å²) in [6.07, 6.45) is -2.22.